The van der Waals surface area contributed by atoms with Gasteiger partial charge in [-0.2, -0.15) is 5.10 Å². The Morgan fingerprint density at radius 1 is 1.37 bits per heavy atom. The zero-order valence-corrected chi connectivity index (χ0v) is 12.4. The van der Waals surface area contributed by atoms with Crippen molar-refractivity contribution in [1.82, 2.24) is 9.78 Å². The first-order valence-electron chi connectivity index (χ1n) is 7.00. The summed E-state index contributed by atoms with van der Waals surface area (Å²) in [4.78, 5) is 12.0. The third-order valence-corrected chi connectivity index (χ3v) is 3.14. The van der Waals surface area contributed by atoms with Crippen LogP contribution in [0.5, 0.6) is 0 Å². The van der Waals surface area contributed by atoms with Crippen LogP contribution in [-0.2, 0) is 4.79 Å². The van der Waals surface area contributed by atoms with Gasteiger partial charge in [-0.15, -0.1) is 0 Å². The van der Waals surface area contributed by atoms with Gasteiger partial charge in [-0.05, 0) is 33.6 Å². The lowest BCUT2D eigenvalue weighted by molar-refractivity contribution is -0.119. The SMILES string of the molecule is CC(N)CCCC(C)C(=O)Nc1cnn(C(C)C)c1. The first-order chi connectivity index (χ1) is 8.90. The van der Waals surface area contributed by atoms with E-state index in [9.17, 15) is 4.79 Å². The normalized spacial score (nSPS) is 14.4. The highest BCUT2D eigenvalue weighted by molar-refractivity contribution is 5.91. The van der Waals surface area contributed by atoms with E-state index in [4.69, 9.17) is 5.73 Å². The molecule has 1 amide bonds. The van der Waals surface area contributed by atoms with Crippen LogP contribution in [0.3, 0.4) is 0 Å². The van der Waals surface area contributed by atoms with E-state index in [2.05, 4.69) is 24.3 Å². The van der Waals surface area contributed by atoms with Gasteiger partial charge in [0.2, 0.25) is 5.91 Å². The first kappa shape index (κ1) is 15.7. The average Bonchev–Trinajstić information content (AvgIpc) is 2.76. The number of nitrogens with zero attached hydrogens (tertiary/aromatic N) is 2. The minimum absolute atomic E-state index is 0.00106. The van der Waals surface area contributed by atoms with Crippen LogP contribution in [0.1, 0.15) is 53.0 Å². The predicted molar refractivity (Wildman–Crippen MR) is 77.9 cm³/mol. The number of hydrogen-bond acceptors (Lipinski definition) is 3. The van der Waals surface area contributed by atoms with Crippen LogP contribution in [0.25, 0.3) is 0 Å². The second-order valence-electron chi connectivity index (χ2n) is 5.60. The molecule has 0 saturated carbocycles. The maximum Gasteiger partial charge on any atom is 0.227 e. The van der Waals surface area contributed by atoms with Crippen LogP contribution in [-0.4, -0.2) is 21.7 Å². The molecule has 0 bridgehead atoms. The van der Waals surface area contributed by atoms with Crippen molar-refractivity contribution in [3.05, 3.63) is 12.4 Å². The molecule has 1 aromatic heterocycles. The highest BCUT2D eigenvalue weighted by Gasteiger charge is 2.14. The summed E-state index contributed by atoms with van der Waals surface area (Å²) >= 11 is 0. The zero-order valence-electron chi connectivity index (χ0n) is 12.4. The molecule has 1 rings (SSSR count). The van der Waals surface area contributed by atoms with Crippen molar-refractivity contribution in [2.45, 2.75) is 59.0 Å². The molecule has 108 valence electrons. The summed E-state index contributed by atoms with van der Waals surface area (Å²) in [5, 5.41) is 7.10. The monoisotopic (exact) mass is 266 g/mol. The molecule has 0 spiro atoms. The van der Waals surface area contributed by atoms with Gasteiger partial charge in [-0.1, -0.05) is 13.3 Å². The molecule has 5 nitrogen and oxygen atoms in total. The third kappa shape index (κ3) is 5.42. The van der Waals surface area contributed by atoms with E-state index in [-0.39, 0.29) is 17.9 Å². The third-order valence-electron chi connectivity index (χ3n) is 3.14. The highest BCUT2D eigenvalue weighted by atomic mass is 16.1. The molecule has 3 N–H and O–H groups in total. The number of rotatable bonds is 7. The van der Waals surface area contributed by atoms with E-state index in [0.29, 0.717) is 6.04 Å². The van der Waals surface area contributed by atoms with E-state index < -0.39 is 0 Å². The minimum Gasteiger partial charge on any atom is -0.328 e. The number of anilines is 1. The van der Waals surface area contributed by atoms with E-state index in [0.717, 1.165) is 24.9 Å². The van der Waals surface area contributed by atoms with Gasteiger partial charge in [0.15, 0.2) is 0 Å². The largest absolute Gasteiger partial charge is 0.328 e. The molecule has 5 heteroatoms. The molecule has 0 aliphatic rings. The number of carbonyl (C=O) groups is 1. The second-order valence-corrected chi connectivity index (χ2v) is 5.60. The standard InChI is InChI=1S/C14H26N4O/c1-10(2)18-9-13(8-16-18)17-14(19)11(3)6-5-7-12(4)15/h8-12H,5-7,15H2,1-4H3,(H,17,19). The van der Waals surface area contributed by atoms with Crippen molar-refractivity contribution in [3.63, 3.8) is 0 Å². The molecule has 0 aromatic carbocycles. The van der Waals surface area contributed by atoms with Crippen molar-refractivity contribution in [2.75, 3.05) is 5.32 Å². The Kier molecular flexibility index (Phi) is 6.02. The first-order valence-corrected chi connectivity index (χ1v) is 7.00. The van der Waals surface area contributed by atoms with Gasteiger partial charge in [0.05, 0.1) is 11.9 Å². The van der Waals surface area contributed by atoms with Crippen LogP contribution in [0.4, 0.5) is 5.69 Å². The van der Waals surface area contributed by atoms with Gasteiger partial charge < -0.3 is 11.1 Å². The van der Waals surface area contributed by atoms with Crippen molar-refractivity contribution < 1.29 is 4.79 Å². The number of aromatic nitrogens is 2. The summed E-state index contributed by atoms with van der Waals surface area (Å²) in [7, 11) is 0. The Morgan fingerprint density at radius 3 is 2.58 bits per heavy atom. The summed E-state index contributed by atoms with van der Waals surface area (Å²) in [6.45, 7) is 8.04. The van der Waals surface area contributed by atoms with Gasteiger partial charge in [-0.3, -0.25) is 9.48 Å². The molecular weight excluding hydrogens is 240 g/mol. The lowest BCUT2D eigenvalue weighted by atomic mass is 10.0. The summed E-state index contributed by atoms with van der Waals surface area (Å²) in [5.41, 5.74) is 6.46. The molecule has 1 aromatic rings. The fourth-order valence-corrected chi connectivity index (χ4v) is 1.83. The summed E-state index contributed by atoms with van der Waals surface area (Å²) in [6.07, 6.45) is 6.36. The topological polar surface area (TPSA) is 72.9 Å². The molecular formula is C14H26N4O. The molecule has 0 radical (unpaired) electrons. The minimum atomic E-state index is 0.00106. The quantitative estimate of drug-likeness (QED) is 0.796. The Hall–Kier alpha value is -1.36. The van der Waals surface area contributed by atoms with Crippen molar-refractivity contribution in [2.24, 2.45) is 11.7 Å². The Labute approximate surface area is 115 Å². The molecule has 1 heterocycles. The van der Waals surface area contributed by atoms with Crippen molar-refractivity contribution in [1.29, 1.82) is 0 Å². The molecule has 19 heavy (non-hydrogen) atoms. The van der Waals surface area contributed by atoms with Gasteiger partial charge in [0, 0.05) is 24.2 Å². The fourth-order valence-electron chi connectivity index (χ4n) is 1.83. The van der Waals surface area contributed by atoms with Gasteiger partial charge in [0.1, 0.15) is 0 Å². The van der Waals surface area contributed by atoms with Crippen molar-refractivity contribution >= 4 is 11.6 Å². The number of carbonyl (C=O) groups excluding carboxylic acids is 1. The fraction of sp³-hybridized carbons (Fsp3) is 0.714. The molecule has 0 aliphatic carbocycles. The lowest BCUT2D eigenvalue weighted by Crippen LogP contribution is -2.21. The second kappa shape index (κ2) is 7.28. The van der Waals surface area contributed by atoms with Crippen LogP contribution in [0, 0.1) is 5.92 Å². The molecule has 0 fully saturated rings. The molecule has 2 atom stereocenters. The van der Waals surface area contributed by atoms with Gasteiger partial charge >= 0.3 is 0 Å². The smallest absolute Gasteiger partial charge is 0.227 e. The lowest BCUT2D eigenvalue weighted by Gasteiger charge is -2.12. The number of hydrogen-bond donors (Lipinski definition) is 2. The molecule has 2 unspecified atom stereocenters. The van der Waals surface area contributed by atoms with E-state index >= 15 is 0 Å². The number of nitrogens with one attached hydrogen (secondary N) is 1. The maximum absolute atomic E-state index is 12.0. The maximum atomic E-state index is 12.0. The van der Waals surface area contributed by atoms with E-state index in [1.54, 1.807) is 6.20 Å². The van der Waals surface area contributed by atoms with Gasteiger partial charge in [0.25, 0.3) is 0 Å². The summed E-state index contributed by atoms with van der Waals surface area (Å²) < 4.78 is 1.83. The molecule has 0 aliphatic heterocycles. The zero-order chi connectivity index (χ0) is 14.4. The number of amides is 1. The van der Waals surface area contributed by atoms with Crippen LogP contribution in [0.15, 0.2) is 12.4 Å². The van der Waals surface area contributed by atoms with E-state index in [1.165, 1.54) is 0 Å². The predicted octanol–water partition coefficient (Wildman–Crippen LogP) is 2.56. The van der Waals surface area contributed by atoms with Crippen LogP contribution < -0.4 is 11.1 Å². The summed E-state index contributed by atoms with van der Waals surface area (Å²) in [5.74, 6) is 0.0501. The van der Waals surface area contributed by atoms with Crippen LogP contribution >= 0.6 is 0 Å². The molecule has 0 saturated heterocycles. The average molecular weight is 266 g/mol. The Balaban J connectivity index is 2.40. The Morgan fingerprint density at radius 2 is 2.05 bits per heavy atom. The summed E-state index contributed by atoms with van der Waals surface area (Å²) in [6, 6.07) is 0.508. The van der Waals surface area contributed by atoms with Crippen molar-refractivity contribution in [3.8, 4) is 0 Å². The van der Waals surface area contributed by atoms with Gasteiger partial charge in [-0.25, -0.2) is 0 Å². The highest BCUT2D eigenvalue weighted by Crippen LogP contribution is 2.14. The van der Waals surface area contributed by atoms with Crippen LogP contribution in [0.2, 0.25) is 0 Å². The Bertz CT molecular complexity index is 398. The number of nitrogens with two attached hydrogens (primary N) is 1. The van der Waals surface area contributed by atoms with E-state index in [1.807, 2.05) is 24.7 Å².